The fourth-order valence-electron chi connectivity index (χ4n) is 3.49. The van der Waals surface area contributed by atoms with Crippen LogP contribution in [0.4, 0.5) is 5.69 Å². The first kappa shape index (κ1) is 20.2. The first-order chi connectivity index (χ1) is 14.6. The molecule has 4 rings (SSSR count). The molecule has 1 aliphatic heterocycles. The first-order valence-electron chi connectivity index (χ1n) is 9.67. The Labute approximate surface area is 179 Å². The van der Waals surface area contributed by atoms with Gasteiger partial charge >= 0.3 is 0 Å². The number of aromatic nitrogens is 3. The van der Waals surface area contributed by atoms with E-state index in [0.717, 1.165) is 17.7 Å². The summed E-state index contributed by atoms with van der Waals surface area (Å²) in [6, 6.07) is 14.9. The Bertz CT molecular complexity index is 1100. The standard InChI is InChI=1S/C22H22N4O3S/c1-25-21(17-9-3-4-10-19(17)29-2)23-24-22(25)30-14-18(27)15-7-5-8-16(13-15)26-12-6-11-20(26)28/h3-5,7-10,13H,6,11-12,14H2,1-2H3. The molecule has 2 aromatic carbocycles. The van der Waals surface area contributed by atoms with Crippen molar-refractivity contribution in [3.05, 3.63) is 54.1 Å². The molecule has 1 aliphatic rings. The largest absolute Gasteiger partial charge is 0.496 e. The lowest BCUT2D eigenvalue weighted by atomic mass is 10.1. The Hall–Kier alpha value is -3.13. The molecule has 0 radical (unpaired) electrons. The molecule has 0 N–H and O–H groups in total. The van der Waals surface area contributed by atoms with Crippen molar-refractivity contribution in [3.8, 4) is 17.1 Å². The molecule has 1 saturated heterocycles. The van der Waals surface area contributed by atoms with Gasteiger partial charge in [0.05, 0.1) is 18.4 Å². The predicted octanol–water partition coefficient (Wildman–Crippen LogP) is 3.59. The van der Waals surface area contributed by atoms with Crippen LogP contribution < -0.4 is 9.64 Å². The predicted molar refractivity (Wildman–Crippen MR) is 116 cm³/mol. The van der Waals surface area contributed by atoms with Crippen LogP contribution in [0.3, 0.4) is 0 Å². The van der Waals surface area contributed by atoms with Gasteiger partial charge in [0.15, 0.2) is 16.8 Å². The van der Waals surface area contributed by atoms with Gasteiger partial charge in [-0.2, -0.15) is 0 Å². The van der Waals surface area contributed by atoms with Crippen LogP contribution >= 0.6 is 11.8 Å². The molecule has 0 bridgehead atoms. The lowest BCUT2D eigenvalue weighted by Gasteiger charge is -2.16. The minimum absolute atomic E-state index is 0.0182. The zero-order valence-electron chi connectivity index (χ0n) is 16.9. The molecule has 0 saturated carbocycles. The Morgan fingerprint density at radius 1 is 1.17 bits per heavy atom. The number of Topliss-reactive ketones (excluding diaryl/α,β-unsaturated/α-hetero) is 1. The van der Waals surface area contributed by atoms with E-state index in [1.807, 2.05) is 48.0 Å². The third-order valence-corrected chi connectivity index (χ3v) is 6.09. The van der Waals surface area contributed by atoms with Crippen molar-refractivity contribution in [3.63, 3.8) is 0 Å². The summed E-state index contributed by atoms with van der Waals surface area (Å²) in [7, 11) is 3.49. The van der Waals surface area contributed by atoms with Crippen LogP contribution in [-0.2, 0) is 11.8 Å². The van der Waals surface area contributed by atoms with Gasteiger partial charge < -0.3 is 14.2 Å². The van der Waals surface area contributed by atoms with E-state index in [0.29, 0.717) is 35.3 Å². The van der Waals surface area contributed by atoms with Crippen molar-refractivity contribution in [2.24, 2.45) is 7.05 Å². The number of benzene rings is 2. The van der Waals surface area contributed by atoms with Crippen molar-refractivity contribution >= 4 is 29.1 Å². The van der Waals surface area contributed by atoms with Crippen LogP contribution in [0.5, 0.6) is 5.75 Å². The van der Waals surface area contributed by atoms with Crippen LogP contribution in [0.1, 0.15) is 23.2 Å². The molecule has 3 aromatic rings. The van der Waals surface area contributed by atoms with Crippen molar-refractivity contribution in [2.75, 3.05) is 24.3 Å². The van der Waals surface area contributed by atoms with Crippen LogP contribution in [0.25, 0.3) is 11.4 Å². The highest BCUT2D eigenvalue weighted by Gasteiger charge is 2.22. The van der Waals surface area contributed by atoms with Gasteiger partial charge in [-0.25, -0.2) is 0 Å². The van der Waals surface area contributed by atoms with E-state index in [1.165, 1.54) is 11.8 Å². The number of carbonyl (C=O) groups is 2. The average molecular weight is 423 g/mol. The lowest BCUT2D eigenvalue weighted by molar-refractivity contribution is -0.117. The van der Waals surface area contributed by atoms with Gasteiger partial charge in [0, 0.05) is 31.3 Å². The molecule has 2 heterocycles. The minimum Gasteiger partial charge on any atom is -0.496 e. The number of ether oxygens (including phenoxy) is 1. The smallest absolute Gasteiger partial charge is 0.227 e. The number of hydrogen-bond acceptors (Lipinski definition) is 6. The Balaban J connectivity index is 1.47. The molecular formula is C22H22N4O3S. The van der Waals surface area contributed by atoms with Gasteiger partial charge in [-0.15, -0.1) is 10.2 Å². The van der Waals surface area contributed by atoms with Crippen molar-refractivity contribution in [1.29, 1.82) is 0 Å². The second-order valence-corrected chi connectivity index (χ2v) is 7.92. The third-order valence-electron chi connectivity index (χ3n) is 5.07. The van der Waals surface area contributed by atoms with Crippen LogP contribution in [0.2, 0.25) is 0 Å². The van der Waals surface area contributed by atoms with E-state index in [2.05, 4.69) is 10.2 Å². The lowest BCUT2D eigenvalue weighted by Crippen LogP contribution is -2.23. The van der Waals surface area contributed by atoms with E-state index in [1.54, 1.807) is 24.1 Å². The second kappa shape index (κ2) is 8.71. The third kappa shape index (κ3) is 3.95. The molecule has 154 valence electrons. The number of amides is 1. The number of hydrogen-bond donors (Lipinski definition) is 0. The highest BCUT2D eigenvalue weighted by atomic mass is 32.2. The SMILES string of the molecule is COc1ccccc1-c1nnc(SCC(=O)c2cccc(N3CCCC3=O)c2)n1C. The second-order valence-electron chi connectivity index (χ2n) is 6.98. The quantitative estimate of drug-likeness (QED) is 0.428. The Kier molecular flexibility index (Phi) is 5.85. The maximum Gasteiger partial charge on any atom is 0.227 e. The van der Waals surface area contributed by atoms with E-state index in [4.69, 9.17) is 4.74 Å². The van der Waals surface area contributed by atoms with Crippen LogP contribution in [0, 0.1) is 0 Å². The van der Waals surface area contributed by atoms with Gasteiger partial charge in [-0.05, 0) is 30.7 Å². The summed E-state index contributed by atoms with van der Waals surface area (Å²) in [5.74, 6) is 1.72. The fourth-order valence-corrected chi connectivity index (χ4v) is 4.29. The molecule has 0 unspecified atom stereocenters. The molecule has 30 heavy (non-hydrogen) atoms. The number of rotatable bonds is 7. The number of methoxy groups -OCH3 is 1. The number of ketones is 1. The number of anilines is 1. The Morgan fingerprint density at radius 2 is 2.00 bits per heavy atom. The molecule has 0 atom stereocenters. The van der Waals surface area contributed by atoms with Crippen LogP contribution in [-0.4, -0.2) is 45.9 Å². The topological polar surface area (TPSA) is 77.3 Å². The Morgan fingerprint density at radius 3 is 2.77 bits per heavy atom. The molecule has 0 spiro atoms. The molecule has 1 aromatic heterocycles. The van der Waals surface area contributed by atoms with E-state index in [-0.39, 0.29) is 17.4 Å². The summed E-state index contributed by atoms with van der Waals surface area (Å²) < 4.78 is 7.27. The van der Waals surface area contributed by atoms with Gasteiger partial charge in [-0.3, -0.25) is 9.59 Å². The monoisotopic (exact) mass is 422 g/mol. The molecule has 7 nitrogen and oxygen atoms in total. The number of thioether (sulfide) groups is 1. The molecule has 0 aliphatic carbocycles. The van der Waals surface area contributed by atoms with Gasteiger partial charge in [0.2, 0.25) is 5.91 Å². The van der Waals surface area contributed by atoms with Crippen LogP contribution in [0.15, 0.2) is 53.7 Å². The summed E-state index contributed by atoms with van der Waals surface area (Å²) in [6.07, 6.45) is 1.42. The maximum atomic E-state index is 12.8. The normalized spacial score (nSPS) is 13.7. The van der Waals surface area contributed by atoms with E-state index < -0.39 is 0 Å². The van der Waals surface area contributed by atoms with Gasteiger partial charge in [-0.1, -0.05) is 36.0 Å². The summed E-state index contributed by atoms with van der Waals surface area (Å²) in [4.78, 5) is 26.5. The minimum atomic E-state index is -0.0182. The van der Waals surface area contributed by atoms with Gasteiger partial charge in [0.1, 0.15) is 5.75 Å². The summed E-state index contributed by atoms with van der Waals surface area (Å²) in [6.45, 7) is 0.704. The van der Waals surface area contributed by atoms with Crippen molar-refractivity contribution < 1.29 is 14.3 Å². The number of nitrogens with zero attached hydrogens (tertiary/aromatic N) is 4. The first-order valence-corrected chi connectivity index (χ1v) is 10.7. The zero-order valence-corrected chi connectivity index (χ0v) is 17.7. The average Bonchev–Trinajstić information content (AvgIpc) is 3.37. The van der Waals surface area contributed by atoms with E-state index >= 15 is 0 Å². The molecule has 1 amide bonds. The molecule has 8 heteroatoms. The molecule has 1 fully saturated rings. The number of para-hydroxylation sites is 1. The van der Waals surface area contributed by atoms with Crippen molar-refractivity contribution in [2.45, 2.75) is 18.0 Å². The molecular weight excluding hydrogens is 400 g/mol. The highest BCUT2D eigenvalue weighted by Crippen LogP contribution is 2.30. The van der Waals surface area contributed by atoms with E-state index in [9.17, 15) is 9.59 Å². The fraction of sp³-hybridized carbons (Fsp3) is 0.273. The number of carbonyl (C=O) groups excluding carboxylic acids is 2. The highest BCUT2D eigenvalue weighted by molar-refractivity contribution is 7.99. The maximum absolute atomic E-state index is 12.8. The van der Waals surface area contributed by atoms with Crippen molar-refractivity contribution in [1.82, 2.24) is 14.8 Å². The zero-order chi connectivity index (χ0) is 21.1. The summed E-state index contributed by atoms with van der Waals surface area (Å²) >= 11 is 1.34. The van der Waals surface area contributed by atoms with Gasteiger partial charge in [0.25, 0.3) is 0 Å². The summed E-state index contributed by atoms with van der Waals surface area (Å²) in [5.41, 5.74) is 2.22. The summed E-state index contributed by atoms with van der Waals surface area (Å²) in [5, 5.41) is 9.16.